The molecule has 0 unspecified atom stereocenters. The van der Waals surface area contributed by atoms with E-state index in [0.717, 1.165) is 77.4 Å². The Morgan fingerprint density at radius 2 is 0.930 bits per heavy atom. The number of rotatable bonds is 3. The maximum absolute atomic E-state index is 6.05. The quantitative estimate of drug-likeness (QED) is 0.206. The van der Waals surface area contributed by atoms with Crippen molar-refractivity contribution in [3.05, 3.63) is 146 Å². The maximum Gasteiger partial charge on any atom is 0.135 e. The Hall–Kier alpha value is -5.80. The summed E-state index contributed by atoms with van der Waals surface area (Å²) in [5.41, 5.74) is 9.97. The van der Waals surface area contributed by atoms with Crippen LogP contribution >= 0.6 is 0 Å². The molecule has 3 nitrogen and oxygen atoms in total. The molecule has 9 rings (SSSR count). The largest absolute Gasteiger partial charge is 0.456 e. The minimum Gasteiger partial charge on any atom is -0.456 e. The zero-order valence-electron chi connectivity index (χ0n) is 23.2. The maximum atomic E-state index is 6.05. The zero-order valence-corrected chi connectivity index (χ0v) is 23.2. The van der Waals surface area contributed by atoms with Gasteiger partial charge in [0.25, 0.3) is 0 Å². The second kappa shape index (κ2) is 9.37. The summed E-state index contributed by atoms with van der Waals surface area (Å²) in [5.74, 6) is 0. The highest BCUT2D eigenvalue weighted by molar-refractivity contribution is 6.07. The molecular weight excluding hydrogens is 524 g/mol. The zero-order chi connectivity index (χ0) is 28.3. The second-order valence-corrected chi connectivity index (χ2v) is 11.1. The number of hydrogen-bond acceptors (Lipinski definition) is 3. The Kier molecular flexibility index (Phi) is 5.20. The molecule has 0 radical (unpaired) electrons. The predicted molar refractivity (Wildman–Crippen MR) is 178 cm³/mol. The van der Waals surface area contributed by atoms with Crippen molar-refractivity contribution in [1.29, 1.82) is 0 Å². The molecule has 3 heterocycles. The molecule has 200 valence electrons. The van der Waals surface area contributed by atoms with Gasteiger partial charge in [-0.15, -0.1) is 0 Å². The first-order chi connectivity index (χ1) is 21.3. The number of aromatic nitrogens is 2. The van der Waals surface area contributed by atoms with Crippen LogP contribution in [0.5, 0.6) is 0 Å². The molecule has 3 aromatic heterocycles. The van der Waals surface area contributed by atoms with E-state index in [1.54, 1.807) is 0 Å². The highest BCUT2D eigenvalue weighted by atomic mass is 16.3. The lowest BCUT2D eigenvalue weighted by molar-refractivity contribution is 0.669. The van der Waals surface area contributed by atoms with Gasteiger partial charge in [-0.1, -0.05) is 103 Å². The standard InChI is InChI=1S/C40H24N2O/c1-2-7-28-22-32(15-12-25(28)6-1)36-20-17-27-14-13-26-16-19-35(41-39(26)40(27)42-36)31-9-5-8-29(23-31)30-18-21-38-34(24-30)33-10-3-4-11-37(33)43-38/h1-24H. The molecule has 0 aliphatic carbocycles. The normalized spacial score (nSPS) is 11.7. The fourth-order valence-corrected chi connectivity index (χ4v) is 6.20. The number of pyridine rings is 2. The molecule has 43 heavy (non-hydrogen) atoms. The minimum atomic E-state index is 0.903. The molecule has 0 bridgehead atoms. The second-order valence-electron chi connectivity index (χ2n) is 11.1. The molecule has 0 fully saturated rings. The highest BCUT2D eigenvalue weighted by Crippen LogP contribution is 2.34. The lowest BCUT2D eigenvalue weighted by atomic mass is 9.99. The van der Waals surface area contributed by atoms with Gasteiger partial charge in [0.2, 0.25) is 0 Å². The first-order valence-electron chi connectivity index (χ1n) is 14.5. The smallest absolute Gasteiger partial charge is 0.135 e. The van der Waals surface area contributed by atoms with Gasteiger partial charge in [-0.3, -0.25) is 0 Å². The van der Waals surface area contributed by atoms with E-state index in [9.17, 15) is 0 Å². The van der Waals surface area contributed by atoms with Crippen LogP contribution in [0, 0.1) is 0 Å². The molecule has 3 heteroatoms. The molecule has 0 atom stereocenters. The fourth-order valence-electron chi connectivity index (χ4n) is 6.20. The van der Waals surface area contributed by atoms with E-state index in [1.807, 2.05) is 12.1 Å². The summed E-state index contributed by atoms with van der Waals surface area (Å²) in [4.78, 5) is 10.4. The summed E-state index contributed by atoms with van der Waals surface area (Å²) in [7, 11) is 0. The van der Waals surface area contributed by atoms with Crippen LogP contribution < -0.4 is 0 Å². The number of fused-ring (bicyclic) bond motifs is 7. The number of benzene rings is 6. The minimum absolute atomic E-state index is 0.903. The van der Waals surface area contributed by atoms with Crippen molar-refractivity contribution in [1.82, 2.24) is 9.97 Å². The van der Waals surface area contributed by atoms with Gasteiger partial charge < -0.3 is 4.42 Å². The number of hydrogen-bond donors (Lipinski definition) is 0. The molecule has 0 aliphatic rings. The predicted octanol–water partition coefficient (Wildman–Crippen LogP) is 10.8. The van der Waals surface area contributed by atoms with Crippen molar-refractivity contribution in [2.45, 2.75) is 0 Å². The molecule has 0 amide bonds. The molecule has 0 N–H and O–H groups in total. The lowest BCUT2D eigenvalue weighted by Gasteiger charge is -2.10. The Balaban J connectivity index is 1.15. The first-order valence-corrected chi connectivity index (χ1v) is 14.5. The number of nitrogens with zero attached hydrogens (tertiary/aromatic N) is 2. The monoisotopic (exact) mass is 548 g/mol. The Bertz CT molecular complexity index is 2520. The summed E-state index contributed by atoms with van der Waals surface area (Å²) in [6.07, 6.45) is 0. The Morgan fingerprint density at radius 3 is 1.74 bits per heavy atom. The fraction of sp³-hybridized carbons (Fsp3) is 0. The van der Waals surface area contributed by atoms with Crippen molar-refractivity contribution < 1.29 is 4.42 Å². The van der Waals surface area contributed by atoms with E-state index in [-0.39, 0.29) is 0 Å². The van der Waals surface area contributed by atoms with Gasteiger partial charge in [-0.05, 0) is 64.4 Å². The van der Waals surface area contributed by atoms with Gasteiger partial charge in [0.1, 0.15) is 11.2 Å². The van der Waals surface area contributed by atoms with Crippen LogP contribution in [-0.4, -0.2) is 9.97 Å². The van der Waals surface area contributed by atoms with Crippen molar-refractivity contribution >= 4 is 54.5 Å². The van der Waals surface area contributed by atoms with E-state index in [0.29, 0.717) is 0 Å². The molecule has 0 saturated heterocycles. The first kappa shape index (κ1) is 23.9. The van der Waals surface area contributed by atoms with Crippen LogP contribution in [0.3, 0.4) is 0 Å². The van der Waals surface area contributed by atoms with Gasteiger partial charge in [-0.2, -0.15) is 0 Å². The average molecular weight is 549 g/mol. The van der Waals surface area contributed by atoms with Gasteiger partial charge in [-0.25, -0.2) is 9.97 Å². The molecular formula is C40H24N2O. The Morgan fingerprint density at radius 1 is 0.349 bits per heavy atom. The van der Waals surface area contributed by atoms with Gasteiger partial charge in [0, 0.05) is 32.7 Å². The van der Waals surface area contributed by atoms with Crippen molar-refractivity contribution in [3.63, 3.8) is 0 Å². The SMILES string of the molecule is c1cc(-c2ccc3oc4ccccc4c3c2)cc(-c2ccc3ccc4ccc(-c5ccc6ccccc6c5)nc4c3n2)c1. The molecule has 0 saturated carbocycles. The van der Waals surface area contributed by atoms with Crippen LogP contribution in [0.25, 0.3) is 88.2 Å². The van der Waals surface area contributed by atoms with Crippen molar-refractivity contribution in [2.24, 2.45) is 0 Å². The molecule has 0 aliphatic heterocycles. The summed E-state index contributed by atoms with van der Waals surface area (Å²) in [5, 5.41) is 6.85. The summed E-state index contributed by atoms with van der Waals surface area (Å²) >= 11 is 0. The third kappa shape index (κ3) is 3.98. The average Bonchev–Trinajstić information content (AvgIpc) is 3.45. The number of para-hydroxylation sites is 1. The van der Waals surface area contributed by atoms with Gasteiger partial charge >= 0.3 is 0 Å². The van der Waals surface area contributed by atoms with Crippen LogP contribution in [-0.2, 0) is 0 Å². The lowest BCUT2D eigenvalue weighted by Crippen LogP contribution is -1.91. The third-order valence-electron chi connectivity index (χ3n) is 8.43. The van der Waals surface area contributed by atoms with E-state index >= 15 is 0 Å². The summed E-state index contributed by atoms with van der Waals surface area (Å²) in [6, 6.07) is 50.9. The van der Waals surface area contributed by atoms with Gasteiger partial charge in [0.15, 0.2) is 0 Å². The third-order valence-corrected chi connectivity index (χ3v) is 8.43. The van der Waals surface area contributed by atoms with Crippen LogP contribution in [0.15, 0.2) is 150 Å². The molecule has 9 aromatic rings. The topological polar surface area (TPSA) is 38.9 Å². The highest BCUT2D eigenvalue weighted by Gasteiger charge is 2.12. The summed E-state index contributed by atoms with van der Waals surface area (Å²) < 4.78 is 6.05. The van der Waals surface area contributed by atoms with Gasteiger partial charge in [0.05, 0.1) is 22.4 Å². The van der Waals surface area contributed by atoms with Crippen LogP contribution in [0.2, 0.25) is 0 Å². The van der Waals surface area contributed by atoms with E-state index in [2.05, 4.69) is 133 Å². The molecule has 6 aromatic carbocycles. The van der Waals surface area contributed by atoms with E-state index < -0.39 is 0 Å². The molecule has 0 spiro atoms. The van der Waals surface area contributed by atoms with E-state index in [1.165, 1.54) is 10.8 Å². The van der Waals surface area contributed by atoms with E-state index in [4.69, 9.17) is 14.4 Å². The number of furan rings is 1. The van der Waals surface area contributed by atoms with Crippen molar-refractivity contribution in [3.8, 4) is 33.6 Å². The van der Waals surface area contributed by atoms with Crippen molar-refractivity contribution in [2.75, 3.05) is 0 Å². The Labute approximate surface area is 247 Å². The van der Waals surface area contributed by atoms with Crippen LogP contribution in [0.4, 0.5) is 0 Å². The van der Waals surface area contributed by atoms with Crippen LogP contribution in [0.1, 0.15) is 0 Å². The summed E-state index contributed by atoms with van der Waals surface area (Å²) in [6.45, 7) is 0.